The average molecular weight is 473 g/mol. The summed E-state index contributed by atoms with van der Waals surface area (Å²) in [5, 5.41) is 14.6. The molecule has 190 valence electrons. The molecule has 1 aromatic carbocycles. The van der Waals surface area contributed by atoms with Crippen molar-refractivity contribution in [3.63, 3.8) is 0 Å². The summed E-state index contributed by atoms with van der Waals surface area (Å²) in [4.78, 5) is 14.8. The summed E-state index contributed by atoms with van der Waals surface area (Å²) in [5.74, 6) is -0.290. The van der Waals surface area contributed by atoms with Gasteiger partial charge in [-0.1, -0.05) is 30.7 Å². The quantitative estimate of drug-likeness (QED) is 0.282. The van der Waals surface area contributed by atoms with E-state index in [0.717, 1.165) is 37.9 Å². The van der Waals surface area contributed by atoms with Crippen LogP contribution in [0.25, 0.3) is 0 Å². The lowest BCUT2D eigenvalue weighted by molar-refractivity contribution is -0.164. The first-order valence-corrected chi connectivity index (χ1v) is 12.7. The number of nitrogens with one attached hydrogen (secondary N) is 1. The number of esters is 1. The van der Waals surface area contributed by atoms with Crippen molar-refractivity contribution < 1.29 is 19.4 Å². The first-order chi connectivity index (χ1) is 16.0. The van der Waals surface area contributed by atoms with E-state index in [0.29, 0.717) is 13.0 Å². The molecule has 1 spiro atoms. The predicted molar refractivity (Wildman–Crippen MR) is 137 cm³/mol. The highest BCUT2D eigenvalue weighted by molar-refractivity contribution is 5.75. The van der Waals surface area contributed by atoms with Crippen LogP contribution in [0.2, 0.25) is 0 Å². The van der Waals surface area contributed by atoms with Gasteiger partial charge < -0.3 is 24.8 Å². The number of hydrogen-bond acceptors (Lipinski definition) is 6. The van der Waals surface area contributed by atoms with Crippen molar-refractivity contribution in [1.29, 1.82) is 0 Å². The van der Waals surface area contributed by atoms with E-state index in [4.69, 9.17) is 9.47 Å². The Labute approximate surface area is 205 Å². The van der Waals surface area contributed by atoms with Crippen molar-refractivity contribution in [2.45, 2.75) is 77.1 Å². The van der Waals surface area contributed by atoms with Crippen LogP contribution in [0.15, 0.2) is 35.9 Å². The molecule has 5 atom stereocenters. The molecule has 2 N–H and O–H groups in total. The van der Waals surface area contributed by atoms with Gasteiger partial charge in [0.05, 0.1) is 17.8 Å². The van der Waals surface area contributed by atoms with Gasteiger partial charge in [0.1, 0.15) is 12.6 Å². The zero-order valence-electron chi connectivity index (χ0n) is 21.9. The Balaban J connectivity index is 1.53. The number of ether oxygens (including phenoxy) is 2. The minimum atomic E-state index is -0.875. The van der Waals surface area contributed by atoms with Crippen LogP contribution in [-0.4, -0.2) is 67.1 Å². The molecule has 1 heterocycles. The van der Waals surface area contributed by atoms with E-state index in [1.54, 1.807) is 0 Å². The Bertz CT molecular complexity index is 838. The maximum atomic E-state index is 12.7. The van der Waals surface area contributed by atoms with Crippen molar-refractivity contribution in [3.05, 3.63) is 41.5 Å². The van der Waals surface area contributed by atoms with Gasteiger partial charge in [-0.3, -0.25) is 4.79 Å². The maximum absolute atomic E-state index is 12.7. The fourth-order valence-corrected chi connectivity index (χ4v) is 5.55. The Hall–Kier alpha value is -1.89. The monoisotopic (exact) mass is 472 g/mol. The molecule has 34 heavy (non-hydrogen) atoms. The van der Waals surface area contributed by atoms with E-state index < -0.39 is 5.60 Å². The Morgan fingerprint density at radius 2 is 2.00 bits per heavy atom. The molecule has 0 amide bonds. The lowest BCUT2D eigenvalue weighted by Gasteiger charge is -2.46. The Morgan fingerprint density at radius 1 is 1.32 bits per heavy atom. The fraction of sp³-hybridized carbons (Fsp3) is 0.679. The highest BCUT2D eigenvalue weighted by Gasteiger charge is 2.62. The van der Waals surface area contributed by atoms with Gasteiger partial charge in [0.25, 0.3) is 0 Å². The van der Waals surface area contributed by atoms with E-state index in [-0.39, 0.29) is 36.1 Å². The van der Waals surface area contributed by atoms with E-state index in [2.05, 4.69) is 63.3 Å². The molecule has 1 aliphatic heterocycles. The SMILES string of the molecule is CC(C)=CCC[C@](C)(O)C1[C@H](C)[C@H](OC(=O)CNc2ccc(CCN(C)C)cc2)CC[C@]12CO2. The molecule has 1 aromatic rings. The molecule has 3 rings (SSSR count). The van der Waals surface area contributed by atoms with Crippen molar-refractivity contribution in [1.82, 2.24) is 4.90 Å². The largest absolute Gasteiger partial charge is 0.461 e. The molecule has 1 aliphatic carbocycles. The fourth-order valence-electron chi connectivity index (χ4n) is 5.55. The predicted octanol–water partition coefficient (Wildman–Crippen LogP) is 4.43. The Kier molecular flexibility index (Phi) is 8.82. The summed E-state index contributed by atoms with van der Waals surface area (Å²) in [7, 11) is 4.14. The second kappa shape index (κ2) is 11.2. The second-order valence-corrected chi connectivity index (χ2v) is 11.0. The molecule has 1 unspecified atom stereocenters. The number of benzene rings is 1. The number of likely N-dealkylation sites (N-methyl/N-ethyl adjacent to an activating group) is 1. The van der Waals surface area contributed by atoms with Gasteiger partial charge in [-0.05, 0) is 84.7 Å². The number of aliphatic hydroxyl groups is 1. The first kappa shape index (κ1) is 26.7. The topological polar surface area (TPSA) is 74.3 Å². The minimum absolute atomic E-state index is 0.0258. The van der Waals surface area contributed by atoms with Crippen LogP contribution in [0, 0.1) is 11.8 Å². The number of carbonyl (C=O) groups excluding carboxylic acids is 1. The summed E-state index contributed by atoms with van der Waals surface area (Å²) < 4.78 is 11.8. The van der Waals surface area contributed by atoms with Crippen molar-refractivity contribution >= 4 is 11.7 Å². The summed E-state index contributed by atoms with van der Waals surface area (Å²) >= 11 is 0. The minimum Gasteiger partial charge on any atom is -0.461 e. The molecule has 6 nitrogen and oxygen atoms in total. The number of rotatable bonds is 11. The standard InChI is InChI=1S/C28H44N2O4/c1-20(2)8-7-15-27(4,32)26-21(3)24(13-16-28(26)19-33-28)34-25(31)18-29-23-11-9-22(10-12-23)14-17-30(5)6/h8-12,21,24,26,29,32H,7,13-19H2,1-6H3/t21-,24-,26?,27+,28+/m1/s1. The molecule has 2 aliphatic rings. The smallest absolute Gasteiger partial charge is 0.325 e. The van der Waals surface area contributed by atoms with E-state index in [9.17, 15) is 9.90 Å². The van der Waals surface area contributed by atoms with Gasteiger partial charge >= 0.3 is 5.97 Å². The second-order valence-electron chi connectivity index (χ2n) is 11.0. The maximum Gasteiger partial charge on any atom is 0.325 e. The number of epoxide rings is 1. The van der Waals surface area contributed by atoms with Gasteiger partial charge in [0.2, 0.25) is 0 Å². The van der Waals surface area contributed by atoms with Gasteiger partial charge in [0.15, 0.2) is 0 Å². The van der Waals surface area contributed by atoms with Gasteiger partial charge in [0, 0.05) is 24.1 Å². The lowest BCUT2D eigenvalue weighted by Crippen LogP contribution is -2.54. The number of anilines is 1. The molecule has 1 saturated heterocycles. The molecule has 1 saturated carbocycles. The van der Waals surface area contributed by atoms with E-state index in [1.807, 2.05) is 19.1 Å². The molecule has 2 fully saturated rings. The highest BCUT2D eigenvalue weighted by Crippen LogP contribution is 2.54. The average Bonchev–Trinajstić information content (AvgIpc) is 3.52. The lowest BCUT2D eigenvalue weighted by atomic mass is 9.63. The summed E-state index contributed by atoms with van der Waals surface area (Å²) in [5.41, 5.74) is 2.31. The number of nitrogens with zero attached hydrogens (tertiary/aromatic N) is 1. The molecule has 0 aromatic heterocycles. The molecule has 6 heteroatoms. The van der Waals surface area contributed by atoms with Crippen LogP contribution in [0.1, 0.15) is 58.9 Å². The van der Waals surface area contributed by atoms with Crippen LogP contribution < -0.4 is 5.32 Å². The number of carbonyl (C=O) groups is 1. The molecule has 0 radical (unpaired) electrons. The van der Waals surface area contributed by atoms with E-state index in [1.165, 1.54) is 11.1 Å². The van der Waals surface area contributed by atoms with Crippen molar-refractivity contribution in [3.8, 4) is 0 Å². The van der Waals surface area contributed by atoms with E-state index >= 15 is 0 Å². The molecule has 0 bridgehead atoms. The highest BCUT2D eigenvalue weighted by atomic mass is 16.6. The van der Waals surface area contributed by atoms with Crippen LogP contribution in [0.5, 0.6) is 0 Å². The molecular weight excluding hydrogens is 428 g/mol. The van der Waals surface area contributed by atoms with Crippen LogP contribution in [0.4, 0.5) is 5.69 Å². The number of hydrogen-bond donors (Lipinski definition) is 2. The summed E-state index contributed by atoms with van der Waals surface area (Å²) in [6.45, 7) is 9.99. The van der Waals surface area contributed by atoms with Gasteiger partial charge in [-0.2, -0.15) is 0 Å². The third kappa shape index (κ3) is 7.06. The Morgan fingerprint density at radius 3 is 2.59 bits per heavy atom. The van der Waals surface area contributed by atoms with Crippen molar-refractivity contribution in [2.75, 3.05) is 39.1 Å². The number of allylic oxidation sites excluding steroid dienone is 2. The van der Waals surface area contributed by atoms with Crippen LogP contribution in [-0.2, 0) is 20.7 Å². The normalized spacial score (nSPS) is 27.8. The third-order valence-electron chi connectivity index (χ3n) is 7.44. The zero-order chi connectivity index (χ0) is 24.9. The molecular formula is C28H44N2O4. The van der Waals surface area contributed by atoms with Gasteiger partial charge in [-0.15, -0.1) is 0 Å². The summed E-state index contributed by atoms with van der Waals surface area (Å²) in [6.07, 6.45) is 6.05. The third-order valence-corrected chi connectivity index (χ3v) is 7.44. The van der Waals surface area contributed by atoms with Crippen LogP contribution >= 0.6 is 0 Å². The summed E-state index contributed by atoms with van der Waals surface area (Å²) in [6, 6.07) is 8.21. The van der Waals surface area contributed by atoms with Gasteiger partial charge in [-0.25, -0.2) is 0 Å². The first-order valence-electron chi connectivity index (χ1n) is 12.7. The zero-order valence-corrected chi connectivity index (χ0v) is 21.9. The van der Waals surface area contributed by atoms with Crippen LogP contribution in [0.3, 0.4) is 0 Å². The van der Waals surface area contributed by atoms with Crippen molar-refractivity contribution in [2.24, 2.45) is 11.8 Å².